The van der Waals surface area contributed by atoms with Crippen molar-refractivity contribution < 1.29 is 4.92 Å². The Bertz CT molecular complexity index is 408. The van der Waals surface area contributed by atoms with Crippen molar-refractivity contribution in [2.75, 3.05) is 19.6 Å². The predicted molar refractivity (Wildman–Crippen MR) is 65.8 cm³/mol. The second-order valence-electron chi connectivity index (χ2n) is 4.41. The zero-order valence-corrected chi connectivity index (χ0v) is 9.93. The van der Waals surface area contributed by atoms with Gasteiger partial charge in [0.2, 0.25) is 0 Å². The number of para-hydroxylation sites is 1. The van der Waals surface area contributed by atoms with Crippen LogP contribution in [0.1, 0.15) is 12.5 Å². The summed E-state index contributed by atoms with van der Waals surface area (Å²) in [5, 5.41) is 14.2. The summed E-state index contributed by atoms with van der Waals surface area (Å²) >= 11 is 0. The van der Waals surface area contributed by atoms with Crippen LogP contribution < -0.4 is 5.32 Å². The van der Waals surface area contributed by atoms with E-state index in [-0.39, 0.29) is 10.6 Å². The van der Waals surface area contributed by atoms with Crippen LogP contribution in [0.4, 0.5) is 5.69 Å². The molecule has 0 radical (unpaired) electrons. The number of rotatable bonds is 3. The van der Waals surface area contributed by atoms with Gasteiger partial charge in [-0.1, -0.05) is 18.2 Å². The van der Waals surface area contributed by atoms with Crippen molar-refractivity contribution in [2.24, 2.45) is 0 Å². The molecule has 0 aliphatic carbocycles. The molecular weight excluding hydrogens is 218 g/mol. The van der Waals surface area contributed by atoms with Gasteiger partial charge < -0.3 is 5.32 Å². The minimum Gasteiger partial charge on any atom is -0.314 e. The van der Waals surface area contributed by atoms with E-state index in [9.17, 15) is 10.1 Å². The SMILES string of the molecule is CC1CNCCN1Cc1ccccc1[N+](=O)[O-]. The van der Waals surface area contributed by atoms with Gasteiger partial charge in [-0.05, 0) is 6.92 Å². The summed E-state index contributed by atoms with van der Waals surface area (Å²) in [5.41, 5.74) is 1.02. The number of nitro groups is 1. The molecule has 1 unspecified atom stereocenters. The van der Waals surface area contributed by atoms with E-state index in [1.807, 2.05) is 12.1 Å². The Morgan fingerprint density at radius 3 is 3.00 bits per heavy atom. The molecule has 1 N–H and O–H groups in total. The first-order chi connectivity index (χ1) is 8.18. The van der Waals surface area contributed by atoms with E-state index in [1.165, 1.54) is 0 Å². The Kier molecular flexibility index (Phi) is 3.71. The largest absolute Gasteiger partial charge is 0.314 e. The summed E-state index contributed by atoms with van der Waals surface area (Å²) < 4.78 is 0. The molecule has 0 bridgehead atoms. The molecule has 1 aliphatic heterocycles. The van der Waals surface area contributed by atoms with E-state index in [1.54, 1.807) is 12.1 Å². The number of piperazine rings is 1. The Balaban J connectivity index is 2.14. The number of nitrogens with zero attached hydrogens (tertiary/aromatic N) is 2. The lowest BCUT2D eigenvalue weighted by Crippen LogP contribution is -2.49. The van der Waals surface area contributed by atoms with Crippen molar-refractivity contribution in [2.45, 2.75) is 19.5 Å². The fourth-order valence-electron chi connectivity index (χ4n) is 2.16. The van der Waals surface area contributed by atoms with Crippen LogP contribution in [0.15, 0.2) is 24.3 Å². The molecule has 5 heteroatoms. The number of nitro benzene ring substituents is 1. The summed E-state index contributed by atoms with van der Waals surface area (Å²) in [4.78, 5) is 12.9. The second kappa shape index (κ2) is 5.25. The lowest BCUT2D eigenvalue weighted by atomic mass is 10.1. The molecule has 1 aromatic carbocycles. The van der Waals surface area contributed by atoms with Crippen LogP contribution in [0.25, 0.3) is 0 Å². The molecule has 1 atom stereocenters. The van der Waals surface area contributed by atoms with E-state index in [2.05, 4.69) is 17.1 Å². The molecule has 5 nitrogen and oxygen atoms in total. The smallest absolute Gasteiger partial charge is 0.273 e. The predicted octanol–water partition coefficient (Wildman–Crippen LogP) is 1.39. The second-order valence-corrected chi connectivity index (χ2v) is 4.41. The first-order valence-electron chi connectivity index (χ1n) is 5.85. The van der Waals surface area contributed by atoms with Crippen molar-refractivity contribution in [1.29, 1.82) is 0 Å². The Morgan fingerprint density at radius 2 is 2.29 bits per heavy atom. The molecule has 2 rings (SSSR count). The average Bonchev–Trinajstić information content (AvgIpc) is 2.32. The summed E-state index contributed by atoms with van der Waals surface area (Å²) in [5.74, 6) is 0. The van der Waals surface area contributed by atoms with Crippen LogP contribution in [0.2, 0.25) is 0 Å². The van der Waals surface area contributed by atoms with Crippen LogP contribution in [-0.4, -0.2) is 35.5 Å². The topological polar surface area (TPSA) is 58.4 Å². The third-order valence-corrected chi connectivity index (χ3v) is 3.20. The molecule has 1 aliphatic rings. The van der Waals surface area contributed by atoms with Crippen LogP contribution in [0.5, 0.6) is 0 Å². The highest BCUT2D eigenvalue weighted by molar-refractivity contribution is 5.39. The third kappa shape index (κ3) is 2.81. The first-order valence-corrected chi connectivity index (χ1v) is 5.85. The number of benzene rings is 1. The normalized spacial score (nSPS) is 21.4. The minimum absolute atomic E-state index is 0.221. The molecule has 0 saturated carbocycles. The van der Waals surface area contributed by atoms with Crippen molar-refractivity contribution in [3.63, 3.8) is 0 Å². The van der Waals surface area contributed by atoms with Gasteiger partial charge in [-0.25, -0.2) is 0 Å². The van der Waals surface area contributed by atoms with Gasteiger partial charge in [0.1, 0.15) is 0 Å². The van der Waals surface area contributed by atoms with Gasteiger partial charge in [0.05, 0.1) is 4.92 Å². The molecule has 1 heterocycles. The number of nitrogens with one attached hydrogen (secondary N) is 1. The fraction of sp³-hybridized carbons (Fsp3) is 0.500. The number of hydrogen-bond donors (Lipinski definition) is 1. The van der Waals surface area contributed by atoms with Gasteiger partial charge in [-0.15, -0.1) is 0 Å². The van der Waals surface area contributed by atoms with Crippen molar-refractivity contribution in [1.82, 2.24) is 10.2 Å². The molecule has 0 spiro atoms. The maximum absolute atomic E-state index is 10.9. The molecule has 92 valence electrons. The molecule has 1 aromatic rings. The molecule has 0 amide bonds. The molecule has 1 saturated heterocycles. The lowest BCUT2D eigenvalue weighted by molar-refractivity contribution is -0.385. The van der Waals surface area contributed by atoms with Crippen LogP contribution in [0.3, 0.4) is 0 Å². The maximum atomic E-state index is 10.9. The van der Waals surface area contributed by atoms with Gasteiger partial charge in [0.25, 0.3) is 5.69 Å². The van der Waals surface area contributed by atoms with E-state index in [0.717, 1.165) is 25.2 Å². The average molecular weight is 235 g/mol. The zero-order chi connectivity index (χ0) is 12.3. The van der Waals surface area contributed by atoms with Crippen LogP contribution >= 0.6 is 0 Å². The third-order valence-electron chi connectivity index (χ3n) is 3.20. The van der Waals surface area contributed by atoms with Gasteiger partial charge >= 0.3 is 0 Å². The summed E-state index contributed by atoms with van der Waals surface area (Å²) in [7, 11) is 0. The van der Waals surface area contributed by atoms with Gasteiger partial charge in [-0.2, -0.15) is 0 Å². The first kappa shape index (κ1) is 12.0. The summed E-state index contributed by atoms with van der Waals surface area (Å²) in [6.07, 6.45) is 0. The summed E-state index contributed by atoms with van der Waals surface area (Å²) in [6.45, 7) is 5.62. The number of hydrogen-bond acceptors (Lipinski definition) is 4. The van der Waals surface area contributed by atoms with Gasteiger partial charge in [0.15, 0.2) is 0 Å². The molecule has 17 heavy (non-hydrogen) atoms. The van der Waals surface area contributed by atoms with Crippen molar-refractivity contribution in [3.05, 3.63) is 39.9 Å². The van der Waals surface area contributed by atoms with Crippen LogP contribution in [-0.2, 0) is 6.54 Å². The maximum Gasteiger partial charge on any atom is 0.273 e. The minimum atomic E-state index is -0.303. The van der Waals surface area contributed by atoms with E-state index >= 15 is 0 Å². The molecular formula is C12H17N3O2. The highest BCUT2D eigenvalue weighted by Gasteiger charge is 2.21. The molecule has 0 aromatic heterocycles. The molecule has 1 fully saturated rings. The summed E-state index contributed by atoms with van der Waals surface area (Å²) in [6, 6.07) is 7.40. The monoisotopic (exact) mass is 235 g/mol. The van der Waals surface area contributed by atoms with E-state index in [0.29, 0.717) is 12.6 Å². The van der Waals surface area contributed by atoms with E-state index in [4.69, 9.17) is 0 Å². The van der Waals surface area contributed by atoms with Crippen molar-refractivity contribution in [3.8, 4) is 0 Å². The van der Waals surface area contributed by atoms with Crippen molar-refractivity contribution >= 4 is 5.69 Å². The Hall–Kier alpha value is -1.46. The fourth-order valence-corrected chi connectivity index (χ4v) is 2.16. The Morgan fingerprint density at radius 1 is 1.53 bits per heavy atom. The Labute approximate surface area is 101 Å². The van der Waals surface area contributed by atoms with Gasteiger partial charge in [-0.3, -0.25) is 15.0 Å². The lowest BCUT2D eigenvalue weighted by Gasteiger charge is -2.33. The quantitative estimate of drug-likeness (QED) is 0.635. The zero-order valence-electron chi connectivity index (χ0n) is 9.93. The highest BCUT2D eigenvalue weighted by Crippen LogP contribution is 2.20. The highest BCUT2D eigenvalue weighted by atomic mass is 16.6. The van der Waals surface area contributed by atoms with E-state index < -0.39 is 0 Å². The van der Waals surface area contributed by atoms with Gasteiger partial charge in [0, 0.05) is 43.9 Å². The standard InChI is InChI=1S/C12H17N3O2/c1-10-8-13-6-7-14(10)9-11-4-2-3-5-12(11)15(16)17/h2-5,10,13H,6-9H2,1H3. The van der Waals surface area contributed by atoms with Crippen LogP contribution in [0, 0.1) is 10.1 Å².